The largest absolute Gasteiger partial charge is 0.348 e. The lowest BCUT2D eigenvalue weighted by atomic mass is 10.1. The lowest BCUT2D eigenvalue weighted by Crippen LogP contribution is -2.29. The Morgan fingerprint density at radius 1 is 0.938 bits per heavy atom. The molecule has 0 bridgehead atoms. The molecule has 0 aliphatic carbocycles. The Kier molecular flexibility index (Phi) is 6.26. The van der Waals surface area contributed by atoms with Gasteiger partial charge < -0.3 is 15.5 Å². The summed E-state index contributed by atoms with van der Waals surface area (Å²) in [6, 6.07) is 21.9. The molecule has 1 heterocycles. The molecule has 1 aliphatic rings. The van der Waals surface area contributed by atoms with Gasteiger partial charge in [-0.3, -0.25) is 14.4 Å². The van der Waals surface area contributed by atoms with E-state index in [-0.39, 0.29) is 30.7 Å². The number of hydrogen-bond acceptors (Lipinski definition) is 3. The summed E-state index contributed by atoms with van der Waals surface area (Å²) in [6.45, 7) is 0.560. The zero-order valence-electron chi connectivity index (χ0n) is 17.3. The summed E-state index contributed by atoms with van der Waals surface area (Å²) in [6.07, 6.45) is 0.0472. The third-order valence-corrected chi connectivity index (χ3v) is 5.36. The lowest BCUT2D eigenvalue weighted by molar-refractivity contribution is -0.122. The van der Waals surface area contributed by atoms with E-state index < -0.39 is 11.7 Å². The van der Waals surface area contributed by atoms with Crippen molar-refractivity contribution in [3.05, 3.63) is 95.8 Å². The van der Waals surface area contributed by atoms with Crippen molar-refractivity contribution in [3.8, 4) is 0 Å². The van der Waals surface area contributed by atoms with E-state index in [1.807, 2.05) is 30.3 Å². The summed E-state index contributed by atoms with van der Waals surface area (Å²) in [5.74, 6) is -1.82. The van der Waals surface area contributed by atoms with Gasteiger partial charge >= 0.3 is 0 Å². The highest BCUT2D eigenvalue weighted by atomic mass is 19.1. The summed E-state index contributed by atoms with van der Waals surface area (Å²) in [4.78, 5) is 39.5. The quantitative estimate of drug-likeness (QED) is 0.624. The van der Waals surface area contributed by atoms with E-state index in [1.54, 1.807) is 24.3 Å². The minimum Gasteiger partial charge on any atom is -0.348 e. The molecule has 3 aromatic carbocycles. The van der Waals surface area contributed by atoms with Crippen molar-refractivity contribution in [2.24, 2.45) is 5.92 Å². The van der Waals surface area contributed by atoms with Crippen LogP contribution in [0.5, 0.6) is 0 Å². The number of amides is 3. The van der Waals surface area contributed by atoms with E-state index in [0.29, 0.717) is 23.5 Å². The Hall–Kier alpha value is -4.00. The van der Waals surface area contributed by atoms with Crippen LogP contribution < -0.4 is 15.5 Å². The van der Waals surface area contributed by atoms with Crippen molar-refractivity contribution in [1.29, 1.82) is 0 Å². The van der Waals surface area contributed by atoms with E-state index in [0.717, 1.165) is 5.56 Å². The van der Waals surface area contributed by atoms with Crippen LogP contribution in [0.25, 0.3) is 0 Å². The number of carbonyl (C=O) groups is 3. The van der Waals surface area contributed by atoms with E-state index >= 15 is 0 Å². The summed E-state index contributed by atoms with van der Waals surface area (Å²) in [5.41, 5.74) is 2.24. The smallest absolute Gasteiger partial charge is 0.253 e. The van der Waals surface area contributed by atoms with Gasteiger partial charge in [-0.25, -0.2) is 4.39 Å². The first-order valence-electron chi connectivity index (χ1n) is 10.3. The number of hydrogen-bond donors (Lipinski definition) is 2. The van der Waals surface area contributed by atoms with Gasteiger partial charge in [0, 0.05) is 25.2 Å². The first-order valence-corrected chi connectivity index (χ1v) is 10.3. The molecule has 7 heteroatoms. The molecule has 3 amide bonds. The number of carbonyl (C=O) groups excluding carboxylic acids is 3. The number of benzene rings is 3. The van der Waals surface area contributed by atoms with Crippen molar-refractivity contribution in [3.63, 3.8) is 0 Å². The predicted octanol–water partition coefficient (Wildman–Crippen LogP) is 3.75. The lowest BCUT2D eigenvalue weighted by Gasteiger charge is -2.17. The normalized spacial score (nSPS) is 15.5. The maximum absolute atomic E-state index is 13.2. The standard InChI is InChI=1S/C25H22FN3O3/c26-19-10-12-20(13-11-19)29-16-18(14-23(29)30)24(31)28-22-9-5-4-8-21(22)25(32)27-15-17-6-2-1-3-7-17/h1-13,18H,14-16H2,(H,27,32)(H,28,31)/t18-/m0/s1. The van der Waals surface area contributed by atoms with Crippen LogP contribution in [0, 0.1) is 11.7 Å². The second-order valence-corrected chi connectivity index (χ2v) is 7.58. The number of anilines is 2. The Labute approximate surface area is 185 Å². The van der Waals surface area contributed by atoms with E-state index in [1.165, 1.54) is 29.2 Å². The minimum atomic E-state index is -0.576. The molecule has 0 saturated carbocycles. The van der Waals surface area contributed by atoms with Gasteiger partial charge in [-0.05, 0) is 42.0 Å². The SMILES string of the molecule is O=C(NCc1ccccc1)c1ccccc1NC(=O)[C@H]1CC(=O)N(c2ccc(F)cc2)C1. The fourth-order valence-corrected chi connectivity index (χ4v) is 3.65. The molecule has 1 saturated heterocycles. The molecule has 0 unspecified atom stereocenters. The summed E-state index contributed by atoms with van der Waals surface area (Å²) in [7, 11) is 0. The second-order valence-electron chi connectivity index (χ2n) is 7.58. The van der Waals surface area contributed by atoms with Crippen LogP contribution in [-0.2, 0) is 16.1 Å². The maximum Gasteiger partial charge on any atom is 0.253 e. The zero-order valence-corrected chi connectivity index (χ0v) is 17.3. The van der Waals surface area contributed by atoms with Crippen LogP contribution in [0.3, 0.4) is 0 Å². The fourth-order valence-electron chi connectivity index (χ4n) is 3.65. The third-order valence-electron chi connectivity index (χ3n) is 5.36. The highest BCUT2D eigenvalue weighted by molar-refractivity contribution is 6.07. The molecule has 0 radical (unpaired) electrons. The van der Waals surface area contributed by atoms with Crippen molar-refractivity contribution in [2.75, 3.05) is 16.8 Å². The fraction of sp³-hybridized carbons (Fsp3) is 0.160. The third kappa shape index (κ3) is 4.83. The Morgan fingerprint density at radius 3 is 2.38 bits per heavy atom. The van der Waals surface area contributed by atoms with Gasteiger partial charge in [0.2, 0.25) is 11.8 Å². The monoisotopic (exact) mass is 431 g/mol. The average Bonchev–Trinajstić information content (AvgIpc) is 3.21. The van der Waals surface area contributed by atoms with Crippen molar-refractivity contribution in [2.45, 2.75) is 13.0 Å². The molecule has 6 nitrogen and oxygen atoms in total. The topological polar surface area (TPSA) is 78.5 Å². The molecular formula is C25H22FN3O3. The highest BCUT2D eigenvalue weighted by Gasteiger charge is 2.35. The summed E-state index contributed by atoms with van der Waals surface area (Å²) in [5, 5.41) is 5.65. The first-order chi connectivity index (χ1) is 15.5. The van der Waals surface area contributed by atoms with Crippen molar-refractivity contribution >= 4 is 29.1 Å². The summed E-state index contributed by atoms with van der Waals surface area (Å²) < 4.78 is 13.2. The number of rotatable bonds is 6. The van der Waals surface area contributed by atoms with Crippen LogP contribution in [0.2, 0.25) is 0 Å². The van der Waals surface area contributed by atoms with Crippen LogP contribution >= 0.6 is 0 Å². The molecule has 1 atom stereocenters. The van der Waals surface area contributed by atoms with Gasteiger partial charge in [0.1, 0.15) is 5.82 Å². The Morgan fingerprint density at radius 2 is 1.62 bits per heavy atom. The van der Waals surface area contributed by atoms with Crippen LogP contribution in [0.15, 0.2) is 78.9 Å². The van der Waals surface area contributed by atoms with E-state index in [9.17, 15) is 18.8 Å². The van der Waals surface area contributed by atoms with Gasteiger partial charge in [-0.1, -0.05) is 42.5 Å². The second kappa shape index (κ2) is 9.43. The Bertz CT molecular complexity index is 1130. The molecule has 0 spiro atoms. The van der Waals surface area contributed by atoms with Crippen LogP contribution in [0.4, 0.5) is 15.8 Å². The molecule has 1 fully saturated rings. The number of nitrogens with zero attached hydrogens (tertiary/aromatic N) is 1. The molecule has 0 aromatic heterocycles. The molecule has 32 heavy (non-hydrogen) atoms. The summed E-state index contributed by atoms with van der Waals surface area (Å²) >= 11 is 0. The number of nitrogens with one attached hydrogen (secondary N) is 2. The number of para-hydroxylation sites is 1. The van der Waals surface area contributed by atoms with Gasteiger partial charge in [0.05, 0.1) is 17.2 Å². The van der Waals surface area contributed by atoms with Crippen LogP contribution in [0.1, 0.15) is 22.3 Å². The Balaban J connectivity index is 1.42. The molecule has 2 N–H and O–H groups in total. The average molecular weight is 431 g/mol. The van der Waals surface area contributed by atoms with E-state index in [4.69, 9.17) is 0 Å². The predicted molar refractivity (Wildman–Crippen MR) is 120 cm³/mol. The molecule has 3 aromatic rings. The van der Waals surface area contributed by atoms with Crippen molar-refractivity contribution < 1.29 is 18.8 Å². The molecular weight excluding hydrogens is 409 g/mol. The molecule has 162 valence electrons. The number of halogens is 1. The van der Waals surface area contributed by atoms with Crippen LogP contribution in [-0.4, -0.2) is 24.3 Å². The van der Waals surface area contributed by atoms with Crippen molar-refractivity contribution in [1.82, 2.24) is 5.32 Å². The minimum absolute atomic E-state index is 0.0472. The van der Waals surface area contributed by atoms with Gasteiger partial charge in [-0.2, -0.15) is 0 Å². The van der Waals surface area contributed by atoms with E-state index in [2.05, 4.69) is 10.6 Å². The highest BCUT2D eigenvalue weighted by Crippen LogP contribution is 2.27. The van der Waals surface area contributed by atoms with Gasteiger partial charge in [-0.15, -0.1) is 0 Å². The first kappa shape index (κ1) is 21.2. The zero-order chi connectivity index (χ0) is 22.5. The maximum atomic E-state index is 13.2. The molecule has 4 rings (SSSR count). The molecule has 1 aliphatic heterocycles. The van der Waals surface area contributed by atoms with Gasteiger partial charge in [0.15, 0.2) is 0 Å². The van der Waals surface area contributed by atoms with Gasteiger partial charge in [0.25, 0.3) is 5.91 Å².